The number of hydrazone groups is 1. The zero-order chi connectivity index (χ0) is 18.9. The number of carbonyl (C=O) groups excluding carboxylic acids is 1. The average molecular weight is 375 g/mol. The lowest BCUT2D eigenvalue weighted by Crippen LogP contribution is -2.24. The fourth-order valence-corrected chi connectivity index (χ4v) is 2.33. The zero-order valence-corrected chi connectivity index (χ0v) is 16.0. The number of hydrogen-bond acceptors (Lipinski definition) is 4. The minimum absolute atomic E-state index is 0.123. The molecule has 2 aromatic rings. The normalized spacial score (nSPS) is 10.8. The molecular formula is C20H23ClN2O3. The zero-order valence-electron chi connectivity index (χ0n) is 15.2. The molecule has 0 bridgehead atoms. The Hall–Kier alpha value is -2.53. The number of halogens is 1. The van der Waals surface area contributed by atoms with Gasteiger partial charge in [0.25, 0.3) is 5.91 Å². The maximum atomic E-state index is 11.8. The molecule has 0 aliphatic carbocycles. The molecule has 0 aromatic heterocycles. The summed E-state index contributed by atoms with van der Waals surface area (Å²) in [6.07, 6.45) is 2.53. The number of hydrogen-bond donors (Lipinski definition) is 1. The van der Waals surface area contributed by atoms with E-state index in [4.69, 9.17) is 21.1 Å². The molecule has 1 N–H and O–H groups in total. The molecule has 0 saturated heterocycles. The van der Waals surface area contributed by atoms with Crippen LogP contribution in [0, 0.1) is 13.8 Å². The number of nitrogens with one attached hydrogen (secondary N) is 1. The summed E-state index contributed by atoms with van der Waals surface area (Å²) in [5.74, 6) is 1.08. The highest BCUT2D eigenvalue weighted by Gasteiger charge is 2.06. The van der Waals surface area contributed by atoms with Crippen LogP contribution in [0.1, 0.15) is 30.0 Å². The second-order valence-corrected chi connectivity index (χ2v) is 6.25. The molecule has 2 aromatic carbocycles. The number of carbonyl (C=O) groups is 1. The van der Waals surface area contributed by atoms with E-state index in [-0.39, 0.29) is 12.5 Å². The van der Waals surface area contributed by atoms with E-state index in [0.717, 1.165) is 28.9 Å². The van der Waals surface area contributed by atoms with Crippen molar-refractivity contribution in [3.63, 3.8) is 0 Å². The summed E-state index contributed by atoms with van der Waals surface area (Å²) in [6, 6.07) is 11.1. The highest BCUT2D eigenvalue weighted by molar-refractivity contribution is 6.32. The first-order valence-corrected chi connectivity index (χ1v) is 8.81. The van der Waals surface area contributed by atoms with Gasteiger partial charge in [0.2, 0.25) is 0 Å². The van der Waals surface area contributed by atoms with Crippen molar-refractivity contribution in [2.75, 3.05) is 13.2 Å². The Bertz CT molecular complexity index is 750. The van der Waals surface area contributed by atoms with Gasteiger partial charge in [0.1, 0.15) is 11.5 Å². The molecule has 6 heteroatoms. The van der Waals surface area contributed by atoms with Gasteiger partial charge in [-0.3, -0.25) is 4.79 Å². The van der Waals surface area contributed by atoms with Crippen molar-refractivity contribution in [2.45, 2.75) is 27.2 Å². The van der Waals surface area contributed by atoms with E-state index >= 15 is 0 Å². The molecule has 138 valence electrons. The molecule has 0 radical (unpaired) electrons. The molecule has 0 atom stereocenters. The van der Waals surface area contributed by atoms with Gasteiger partial charge in [0.15, 0.2) is 6.61 Å². The molecule has 0 fully saturated rings. The molecule has 5 nitrogen and oxygen atoms in total. The predicted molar refractivity (Wildman–Crippen MR) is 104 cm³/mol. The topological polar surface area (TPSA) is 59.9 Å². The lowest BCUT2D eigenvalue weighted by Gasteiger charge is -2.09. The van der Waals surface area contributed by atoms with E-state index in [2.05, 4.69) is 17.5 Å². The second-order valence-electron chi connectivity index (χ2n) is 5.87. The quantitative estimate of drug-likeness (QED) is 0.554. The molecule has 0 unspecified atom stereocenters. The minimum Gasteiger partial charge on any atom is -0.494 e. The predicted octanol–water partition coefficient (Wildman–Crippen LogP) is 4.27. The highest BCUT2D eigenvalue weighted by atomic mass is 35.5. The van der Waals surface area contributed by atoms with Gasteiger partial charge in [-0.25, -0.2) is 5.43 Å². The number of aryl methyl sites for hydroxylation is 2. The standard InChI is InChI=1S/C20H23ClN2O3/c1-4-9-25-17-7-5-16(6-8-17)12-22-23-19(24)13-26-18-10-14(2)20(21)15(3)11-18/h5-8,10-12H,4,9,13H2,1-3H3,(H,23,24)/b22-12+. The van der Waals surface area contributed by atoms with Crippen LogP contribution in [-0.2, 0) is 4.79 Å². The molecule has 26 heavy (non-hydrogen) atoms. The van der Waals surface area contributed by atoms with E-state index in [1.165, 1.54) is 0 Å². The van der Waals surface area contributed by atoms with Crippen LogP contribution in [0.25, 0.3) is 0 Å². The maximum absolute atomic E-state index is 11.8. The Balaban J connectivity index is 1.80. The van der Waals surface area contributed by atoms with Crippen molar-refractivity contribution in [2.24, 2.45) is 5.10 Å². The van der Waals surface area contributed by atoms with Gasteiger partial charge in [-0.1, -0.05) is 18.5 Å². The third-order valence-corrected chi connectivity index (χ3v) is 4.13. The third kappa shape index (κ3) is 6.08. The first-order valence-electron chi connectivity index (χ1n) is 8.44. The molecule has 0 saturated carbocycles. The van der Waals surface area contributed by atoms with Gasteiger partial charge in [0, 0.05) is 5.02 Å². The molecule has 1 amide bonds. The van der Waals surface area contributed by atoms with Gasteiger partial charge in [0.05, 0.1) is 12.8 Å². The lowest BCUT2D eigenvalue weighted by molar-refractivity contribution is -0.123. The second kappa shape index (κ2) is 9.82. The van der Waals surface area contributed by atoms with Gasteiger partial charge >= 0.3 is 0 Å². The Morgan fingerprint density at radius 3 is 2.38 bits per heavy atom. The highest BCUT2D eigenvalue weighted by Crippen LogP contribution is 2.25. The van der Waals surface area contributed by atoms with Gasteiger partial charge in [-0.2, -0.15) is 5.10 Å². The smallest absolute Gasteiger partial charge is 0.277 e. The minimum atomic E-state index is -0.339. The van der Waals surface area contributed by atoms with Crippen LogP contribution in [0.2, 0.25) is 5.02 Å². The third-order valence-electron chi connectivity index (χ3n) is 3.54. The Morgan fingerprint density at radius 1 is 1.12 bits per heavy atom. The largest absolute Gasteiger partial charge is 0.494 e. The van der Waals surface area contributed by atoms with Gasteiger partial charge in [-0.15, -0.1) is 0 Å². The fourth-order valence-electron chi connectivity index (χ4n) is 2.22. The van der Waals surface area contributed by atoms with Crippen molar-refractivity contribution < 1.29 is 14.3 Å². The first kappa shape index (κ1) is 19.8. The van der Waals surface area contributed by atoms with Gasteiger partial charge in [-0.05, 0) is 73.4 Å². The molecule has 0 spiro atoms. The number of rotatable bonds is 8. The number of benzene rings is 2. The van der Waals surface area contributed by atoms with E-state index in [1.54, 1.807) is 18.3 Å². The van der Waals surface area contributed by atoms with Crippen LogP contribution >= 0.6 is 11.6 Å². The monoisotopic (exact) mass is 374 g/mol. The van der Waals surface area contributed by atoms with Crippen molar-refractivity contribution >= 4 is 23.7 Å². The van der Waals surface area contributed by atoms with E-state index in [9.17, 15) is 4.79 Å². The molecular weight excluding hydrogens is 352 g/mol. The van der Waals surface area contributed by atoms with Crippen LogP contribution in [0.15, 0.2) is 41.5 Å². The molecule has 0 aliphatic rings. The summed E-state index contributed by atoms with van der Waals surface area (Å²) in [5.41, 5.74) is 5.12. The molecule has 0 aliphatic heterocycles. The maximum Gasteiger partial charge on any atom is 0.277 e. The Kier molecular flexibility index (Phi) is 7.48. The van der Waals surface area contributed by atoms with E-state index in [0.29, 0.717) is 17.4 Å². The van der Waals surface area contributed by atoms with Crippen LogP contribution < -0.4 is 14.9 Å². The summed E-state index contributed by atoms with van der Waals surface area (Å²) in [6.45, 7) is 6.41. The summed E-state index contributed by atoms with van der Waals surface area (Å²) >= 11 is 6.11. The van der Waals surface area contributed by atoms with E-state index < -0.39 is 0 Å². The van der Waals surface area contributed by atoms with Crippen molar-refractivity contribution in [1.82, 2.24) is 5.43 Å². The van der Waals surface area contributed by atoms with Crippen molar-refractivity contribution in [3.8, 4) is 11.5 Å². The fraction of sp³-hybridized carbons (Fsp3) is 0.300. The first-order chi connectivity index (χ1) is 12.5. The Morgan fingerprint density at radius 2 is 1.77 bits per heavy atom. The van der Waals surface area contributed by atoms with Crippen LogP contribution in [0.4, 0.5) is 0 Å². The molecule has 0 heterocycles. The molecule has 2 rings (SSSR count). The summed E-state index contributed by atoms with van der Waals surface area (Å²) in [7, 11) is 0. The average Bonchev–Trinajstić information content (AvgIpc) is 2.63. The van der Waals surface area contributed by atoms with Crippen LogP contribution in [-0.4, -0.2) is 25.3 Å². The van der Waals surface area contributed by atoms with E-state index in [1.807, 2.05) is 38.1 Å². The lowest BCUT2D eigenvalue weighted by atomic mass is 10.1. The number of nitrogens with zero attached hydrogens (tertiary/aromatic N) is 1. The van der Waals surface area contributed by atoms with Crippen molar-refractivity contribution in [1.29, 1.82) is 0 Å². The van der Waals surface area contributed by atoms with Gasteiger partial charge < -0.3 is 9.47 Å². The number of amides is 1. The summed E-state index contributed by atoms with van der Waals surface area (Å²) in [5, 5.41) is 4.63. The summed E-state index contributed by atoms with van der Waals surface area (Å²) in [4.78, 5) is 11.8. The summed E-state index contributed by atoms with van der Waals surface area (Å²) < 4.78 is 11.0. The SMILES string of the molecule is CCCOc1ccc(/C=N/NC(=O)COc2cc(C)c(Cl)c(C)c2)cc1. The van der Waals surface area contributed by atoms with Crippen LogP contribution in [0.3, 0.4) is 0 Å². The Labute approximate surface area is 159 Å². The van der Waals surface area contributed by atoms with Crippen LogP contribution in [0.5, 0.6) is 11.5 Å². The number of ether oxygens (including phenoxy) is 2. The van der Waals surface area contributed by atoms with Crippen molar-refractivity contribution in [3.05, 3.63) is 58.1 Å².